The van der Waals surface area contributed by atoms with Crippen LogP contribution in [-0.2, 0) is 14.0 Å². The summed E-state index contributed by atoms with van der Waals surface area (Å²) in [5.74, 6) is 0. The van der Waals surface area contributed by atoms with Crippen LogP contribution in [0, 0.1) is 0 Å². The molecule has 16 heavy (non-hydrogen) atoms. The van der Waals surface area contributed by atoms with Crippen molar-refractivity contribution < 1.29 is 14.0 Å². The van der Waals surface area contributed by atoms with Crippen LogP contribution in [0.4, 0.5) is 0 Å². The van der Waals surface area contributed by atoms with Gasteiger partial charge in [-0.1, -0.05) is 20.8 Å². The van der Waals surface area contributed by atoms with Crippen LogP contribution in [0.1, 0.15) is 33.6 Å². The van der Waals surface area contributed by atoms with Crippen molar-refractivity contribution >= 4 is 14.6 Å². The first kappa shape index (κ1) is 15.8. The van der Waals surface area contributed by atoms with Crippen LogP contribution in [0.25, 0.3) is 0 Å². The zero-order chi connectivity index (χ0) is 12.8. The molecule has 0 aliphatic heterocycles. The van der Waals surface area contributed by atoms with Crippen molar-refractivity contribution in [1.82, 2.24) is 0 Å². The first-order chi connectivity index (χ1) is 7.24. The Morgan fingerprint density at radius 1 is 1.31 bits per heavy atom. The summed E-state index contributed by atoms with van der Waals surface area (Å²) in [5.41, 5.74) is 0. The quantitative estimate of drug-likeness (QED) is 0.512. The Morgan fingerprint density at radius 3 is 2.25 bits per heavy atom. The normalized spacial score (nSPS) is 14.9. The van der Waals surface area contributed by atoms with Gasteiger partial charge in [-0.15, -0.1) is 0 Å². The van der Waals surface area contributed by atoms with Crippen LogP contribution in [-0.4, -0.2) is 34.4 Å². The van der Waals surface area contributed by atoms with Crippen molar-refractivity contribution in [2.45, 2.75) is 57.8 Å². The maximum Gasteiger partial charge on any atom is 0.191 e. The molecule has 0 N–H and O–H groups in total. The second-order valence-corrected chi connectivity index (χ2v) is 10.5. The van der Waals surface area contributed by atoms with E-state index in [-0.39, 0.29) is 11.1 Å². The Hall–Kier alpha value is -0.193. The van der Waals surface area contributed by atoms with E-state index < -0.39 is 8.32 Å². The summed E-state index contributed by atoms with van der Waals surface area (Å²) in [7, 11) is -0.0119. The smallest absolute Gasteiger partial charge is 0.191 e. The molecular weight excluding hydrogens is 220 g/mol. The lowest BCUT2D eigenvalue weighted by atomic mass is 10.2. The van der Waals surface area contributed by atoms with Crippen molar-refractivity contribution in [1.29, 1.82) is 0 Å². The fraction of sp³-hybridized carbons (Fsp3) is 0.917. The molecule has 0 fully saturated rings. The second kappa shape index (κ2) is 6.52. The highest BCUT2D eigenvalue weighted by Gasteiger charge is 2.36. The maximum atomic E-state index is 10.4. The minimum atomic E-state index is -1.65. The van der Waals surface area contributed by atoms with Gasteiger partial charge < -0.3 is 14.0 Å². The fourth-order valence-electron chi connectivity index (χ4n) is 1.10. The van der Waals surface area contributed by atoms with Gasteiger partial charge in [-0.3, -0.25) is 0 Å². The molecule has 0 spiro atoms. The molecule has 1 atom stereocenters. The molecule has 0 unspecified atom stereocenters. The number of methoxy groups -OCH3 is 1. The van der Waals surface area contributed by atoms with E-state index in [9.17, 15) is 4.79 Å². The van der Waals surface area contributed by atoms with E-state index in [4.69, 9.17) is 9.16 Å². The van der Waals surface area contributed by atoms with Crippen LogP contribution in [0.5, 0.6) is 0 Å². The van der Waals surface area contributed by atoms with Crippen molar-refractivity contribution in [3.05, 3.63) is 0 Å². The molecular formula is C12H26O3Si. The molecule has 0 aromatic carbocycles. The zero-order valence-corrected chi connectivity index (χ0v) is 12.5. The van der Waals surface area contributed by atoms with E-state index >= 15 is 0 Å². The Labute approximate surface area is 101 Å². The summed E-state index contributed by atoms with van der Waals surface area (Å²) in [6, 6.07) is 0. The van der Waals surface area contributed by atoms with Gasteiger partial charge >= 0.3 is 0 Å². The average Bonchev–Trinajstić information content (AvgIpc) is 2.14. The van der Waals surface area contributed by atoms with Crippen molar-refractivity contribution in [3.8, 4) is 0 Å². The third-order valence-electron chi connectivity index (χ3n) is 3.40. The highest BCUT2D eigenvalue weighted by Crippen LogP contribution is 2.36. The molecule has 3 nitrogen and oxygen atoms in total. The maximum absolute atomic E-state index is 10.4. The van der Waals surface area contributed by atoms with Gasteiger partial charge in [-0.05, 0) is 24.6 Å². The number of carbonyl (C=O) groups excluding carboxylic acids is 1. The summed E-state index contributed by atoms with van der Waals surface area (Å²) < 4.78 is 11.2. The fourth-order valence-corrected chi connectivity index (χ4v) is 2.16. The first-order valence-corrected chi connectivity index (χ1v) is 8.76. The van der Waals surface area contributed by atoms with Gasteiger partial charge in [-0.2, -0.15) is 0 Å². The molecule has 4 heteroatoms. The Morgan fingerprint density at radius 2 is 1.88 bits per heavy atom. The number of hydrogen-bond acceptors (Lipinski definition) is 3. The van der Waals surface area contributed by atoms with Gasteiger partial charge in [-0.25, -0.2) is 0 Å². The van der Waals surface area contributed by atoms with Crippen LogP contribution in [0.2, 0.25) is 18.1 Å². The van der Waals surface area contributed by atoms with Crippen LogP contribution < -0.4 is 0 Å². The lowest BCUT2D eigenvalue weighted by Gasteiger charge is -2.36. The Bertz CT molecular complexity index is 209. The van der Waals surface area contributed by atoms with Crippen molar-refractivity contribution in [3.63, 3.8) is 0 Å². The number of aldehydes is 1. The summed E-state index contributed by atoms with van der Waals surface area (Å²) >= 11 is 0. The van der Waals surface area contributed by atoms with Crippen molar-refractivity contribution in [2.24, 2.45) is 0 Å². The predicted octanol–water partition coefficient (Wildman–Crippen LogP) is 3.00. The highest BCUT2D eigenvalue weighted by atomic mass is 28.4. The van der Waals surface area contributed by atoms with Crippen LogP contribution in [0.3, 0.4) is 0 Å². The molecule has 0 aliphatic carbocycles. The van der Waals surface area contributed by atoms with Crippen LogP contribution >= 0.6 is 0 Å². The van der Waals surface area contributed by atoms with Crippen LogP contribution in [0.15, 0.2) is 0 Å². The molecule has 0 aliphatic rings. The summed E-state index contributed by atoms with van der Waals surface area (Å²) in [6.07, 6.45) is 2.15. The molecule has 0 bridgehead atoms. The zero-order valence-electron chi connectivity index (χ0n) is 11.5. The SMILES string of the molecule is CO[C@@H](CC=O)CCO[Si](C)(C)C(C)(C)C. The summed E-state index contributed by atoms with van der Waals surface area (Å²) in [6.45, 7) is 11.8. The molecule has 96 valence electrons. The van der Waals surface area contributed by atoms with Gasteiger partial charge in [0.15, 0.2) is 8.32 Å². The van der Waals surface area contributed by atoms with Gasteiger partial charge in [0.25, 0.3) is 0 Å². The second-order valence-electron chi connectivity index (χ2n) is 5.66. The van der Waals surface area contributed by atoms with Crippen molar-refractivity contribution in [2.75, 3.05) is 13.7 Å². The number of rotatable bonds is 7. The monoisotopic (exact) mass is 246 g/mol. The molecule has 0 aromatic heterocycles. The lowest BCUT2D eigenvalue weighted by molar-refractivity contribution is -0.110. The standard InChI is InChI=1S/C12H26O3Si/c1-12(2,3)16(5,6)15-10-8-11(14-4)7-9-13/h9,11H,7-8,10H2,1-6H3/t11-/m0/s1. The summed E-state index contributed by atoms with van der Waals surface area (Å²) in [5, 5.41) is 0.236. The van der Waals surface area contributed by atoms with E-state index in [1.54, 1.807) is 7.11 Å². The predicted molar refractivity (Wildman–Crippen MR) is 69.2 cm³/mol. The molecule has 0 heterocycles. The topological polar surface area (TPSA) is 35.5 Å². The molecule has 0 saturated heterocycles. The largest absolute Gasteiger partial charge is 0.417 e. The molecule has 0 radical (unpaired) electrons. The Balaban J connectivity index is 4.01. The van der Waals surface area contributed by atoms with E-state index in [2.05, 4.69) is 33.9 Å². The van der Waals surface area contributed by atoms with E-state index in [0.29, 0.717) is 13.0 Å². The highest BCUT2D eigenvalue weighted by molar-refractivity contribution is 6.74. The van der Waals surface area contributed by atoms with Gasteiger partial charge in [0.05, 0.1) is 6.10 Å². The Kier molecular flexibility index (Phi) is 6.44. The van der Waals surface area contributed by atoms with E-state index in [0.717, 1.165) is 12.7 Å². The van der Waals surface area contributed by atoms with Gasteiger partial charge in [0.2, 0.25) is 0 Å². The summed E-state index contributed by atoms with van der Waals surface area (Å²) in [4.78, 5) is 10.4. The minimum Gasteiger partial charge on any atom is -0.417 e. The molecule has 0 aromatic rings. The number of ether oxygens (including phenoxy) is 1. The molecule has 0 amide bonds. The first-order valence-electron chi connectivity index (χ1n) is 5.85. The van der Waals surface area contributed by atoms with E-state index in [1.165, 1.54) is 0 Å². The van der Waals surface area contributed by atoms with Gasteiger partial charge in [0, 0.05) is 20.1 Å². The minimum absolute atomic E-state index is 0.00210. The average molecular weight is 246 g/mol. The van der Waals surface area contributed by atoms with E-state index in [1.807, 2.05) is 0 Å². The third kappa shape index (κ3) is 5.23. The lowest BCUT2D eigenvalue weighted by Crippen LogP contribution is -2.41. The number of carbonyl (C=O) groups is 1. The third-order valence-corrected chi connectivity index (χ3v) is 7.94. The number of hydrogen-bond donors (Lipinski definition) is 0. The van der Waals surface area contributed by atoms with Gasteiger partial charge in [0.1, 0.15) is 6.29 Å². The molecule has 0 rings (SSSR count). The molecule has 0 saturated carbocycles.